The minimum atomic E-state index is -0.320. The Morgan fingerprint density at radius 1 is 0.935 bits per heavy atom. The Morgan fingerprint density at radius 3 is 2.39 bits per heavy atom. The zero-order valence-electron chi connectivity index (χ0n) is 16.6. The summed E-state index contributed by atoms with van der Waals surface area (Å²) in [5.41, 5.74) is 2.65. The normalized spacial score (nSPS) is 10.5. The molecule has 0 aliphatic rings. The van der Waals surface area contributed by atoms with E-state index in [0.717, 1.165) is 11.3 Å². The van der Waals surface area contributed by atoms with Crippen LogP contribution in [0.4, 0.5) is 11.4 Å². The quantitative estimate of drug-likeness (QED) is 0.385. The lowest BCUT2D eigenvalue weighted by atomic mass is 10.2. The number of nitrogens with zero attached hydrogens (tertiary/aromatic N) is 1. The lowest BCUT2D eigenvalue weighted by Crippen LogP contribution is -2.14. The average Bonchev–Trinajstić information content (AvgIpc) is 3.46. The first-order valence-corrected chi connectivity index (χ1v) is 11.2. The highest BCUT2D eigenvalue weighted by Gasteiger charge is 2.13. The van der Waals surface area contributed by atoms with Crippen molar-refractivity contribution in [3.63, 3.8) is 0 Å². The van der Waals surface area contributed by atoms with Gasteiger partial charge in [0.25, 0.3) is 11.8 Å². The van der Waals surface area contributed by atoms with Gasteiger partial charge >= 0.3 is 0 Å². The molecular formula is C23H19N3O3S2. The Morgan fingerprint density at radius 2 is 1.68 bits per heavy atom. The standard InChI is InChI=1S/C23H19N3O3S2/c1-15-7-9-18(10-8-15)29-13-21-26-19(14-31-21)22(27)24-16-4-2-5-17(12-16)25-23(28)20-6-3-11-30-20/h2-12,14H,13H2,1H3,(H,24,27)(H,25,28). The molecule has 0 bridgehead atoms. The van der Waals surface area contributed by atoms with Gasteiger partial charge in [-0.25, -0.2) is 4.98 Å². The summed E-state index contributed by atoms with van der Waals surface area (Å²) in [4.78, 5) is 29.8. The average molecular weight is 450 g/mol. The Labute approximate surface area is 187 Å². The first kappa shape index (κ1) is 20.8. The minimum absolute atomic E-state index is 0.184. The SMILES string of the molecule is Cc1ccc(OCc2nc(C(=O)Nc3cccc(NC(=O)c4cccs4)c3)cs2)cc1. The molecule has 0 fully saturated rings. The molecule has 2 aromatic heterocycles. The van der Waals surface area contributed by atoms with Gasteiger partial charge in [-0.1, -0.05) is 29.8 Å². The molecule has 2 amide bonds. The van der Waals surface area contributed by atoms with Crippen molar-refractivity contribution in [3.8, 4) is 5.75 Å². The molecule has 4 rings (SSSR count). The molecule has 0 unspecified atom stereocenters. The van der Waals surface area contributed by atoms with E-state index < -0.39 is 0 Å². The highest BCUT2D eigenvalue weighted by atomic mass is 32.1. The number of carbonyl (C=O) groups excluding carboxylic acids is 2. The number of anilines is 2. The second-order valence-electron chi connectivity index (χ2n) is 6.69. The van der Waals surface area contributed by atoms with Gasteiger partial charge in [-0.05, 0) is 48.7 Å². The smallest absolute Gasteiger partial charge is 0.275 e. The van der Waals surface area contributed by atoms with Gasteiger partial charge in [0.05, 0.1) is 4.88 Å². The maximum atomic E-state index is 12.6. The van der Waals surface area contributed by atoms with Gasteiger partial charge in [-0.15, -0.1) is 22.7 Å². The van der Waals surface area contributed by atoms with Gasteiger partial charge in [0.15, 0.2) is 0 Å². The molecule has 156 valence electrons. The predicted octanol–water partition coefficient (Wildman–Crippen LogP) is 5.60. The van der Waals surface area contributed by atoms with E-state index in [1.807, 2.05) is 42.6 Å². The van der Waals surface area contributed by atoms with Crippen molar-refractivity contribution in [2.45, 2.75) is 13.5 Å². The number of thiazole rings is 1. The predicted molar refractivity (Wildman–Crippen MR) is 124 cm³/mol. The molecule has 2 aromatic carbocycles. The molecular weight excluding hydrogens is 430 g/mol. The van der Waals surface area contributed by atoms with Crippen molar-refractivity contribution in [3.05, 3.63) is 92.6 Å². The number of aromatic nitrogens is 1. The highest BCUT2D eigenvalue weighted by Crippen LogP contribution is 2.20. The van der Waals surface area contributed by atoms with Crippen LogP contribution in [0.2, 0.25) is 0 Å². The number of nitrogens with one attached hydrogen (secondary N) is 2. The van der Waals surface area contributed by atoms with Crippen LogP contribution in [0.1, 0.15) is 30.7 Å². The second-order valence-corrected chi connectivity index (χ2v) is 8.58. The summed E-state index contributed by atoms with van der Waals surface area (Å²) in [5.74, 6) is 0.254. The van der Waals surface area contributed by atoms with E-state index in [-0.39, 0.29) is 11.8 Å². The lowest BCUT2D eigenvalue weighted by molar-refractivity contribution is 0.101. The molecule has 2 N–H and O–H groups in total. The third-order valence-corrected chi connectivity index (χ3v) is 5.98. The summed E-state index contributed by atoms with van der Waals surface area (Å²) in [6.45, 7) is 2.31. The summed E-state index contributed by atoms with van der Waals surface area (Å²) in [7, 11) is 0. The van der Waals surface area contributed by atoms with Crippen molar-refractivity contribution in [2.75, 3.05) is 10.6 Å². The van der Waals surface area contributed by atoms with Gasteiger partial charge in [0.2, 0.25) is 0 Å². The van der Waals surface area contributed by atoms with Gasteiger partial charge in [-0.2, -0.15) is 0 Å². The number of rotatable bonds is 7. The van der Waals surface area contributed by atoms with Crippen LogP contribution in [0.5, 0.6) is 5.75 Å². The highest BCUT2D eigenvalue weighted by molar-refractivity contribution is 7.12. The molecule has 0 aliphatic carbocycles. The molecule has 31 heavy (non-hydrogen) atoms. The number of aryl methyl sites for hydroxylation is 1. The molecule has 8 heteroatoms. The minimum Gasteiger partial charge on any atom is -0.486 e. The maximum absolute atomic E-state index is 12.6. The first-order valence-electron chi connectivity index (χ1n) is 9.47. The van der Waals surface area contributed by atoms with E-state index in [1.165, 1.54) is 22.7 Å². The van der Waals surface area contributed by atoms with E-state index in [9.17, 15) is 9.59 Å². The van der Waals surface area contributed by atoms with Gasteiger partial charge in [-0.3, -0.25) is 9.59 Å². The van der Waals surface area contributed by atoms with Crippen molar-refractivity contribution in [1.29, 1.82) is 0 Å². The van der Waals surface area contributed by atoms with Crippen molar-refractivity contribution >= 4 is 45.9 Å². The van der Waals surface area contributed by atoms with E-state index in [2.05, 4.69) is 15.6 Å². The van der Waals surface area contributed by atoms with Gasteiger partial charge < -0.3 is 15.4 Å². The Balaban J connectivity index is 1.35. The second kappa shape index (κ2) is 9.55. The van der Waals surface area contributed by atoms with E-state index >= 15 is 0 Å². The van der Waals surface area contributed by atoms with Gasteiger partial charge in [0.1, 0.15) is 23.1 Å². The largest absolute Gasteiger partial charge is 0.486 e. The Hall–Kier alpha value is -3.49. The number of ether oxygens (including phenoxy) is 1. The molecule has 6 nitrogen and oxygen atoms in total. The number of amides is 2. The lowest BCUT2D eigenvalue weighted by Gasteiger charge is -2.07. The summed E-state index contributed by atoms with van der Waals surface area (Å²) in [6, 6.07) is 18.3. The molecule has 2 heterocycles. The summed E-state index contributed by atoms with van der Waals surface area (Å²) < 4.78 is 5.72. The Bertz CT molecular complexity index is 1190. The van der Waals surface area contributed by atoms with Gasteiger partial charge in [0, 0.05) is 16.8 Å². The number of carbonyl (C=O) groups is 2. The summed E-state index contributed by atoms with van der Waals surface area (Å²) in [6.07, 6.45) is 0. The third-order valence-electron chi connectivity index (χ3n) is 4.29. The van der Waals surface area contributed by atoms with Crippen molar-refractivity contribution < 1.29 is 14.3 Å². The van der Waals surface area contributed by atoms with E-state index in [1.54, 1.807) is 35.7 Å². The maximum Gasteiger partial charge on any atom is 0.275 e. The van der Waals surface area contributed by atoms with E-state index in [4.69, 9.17) is 4.74 Å². The molecule has 0 atom stereocenters. The fourth-order valence-corrected chi connectivity index (χ4v) is 4.04. The monoisotopic (exact) mass is 449 g/mol. The third kappa shape index (κ3) is 5.56. The van der Waals surface area contributed by atoms with Crippen LogP contribution in [-0.4, -0.2) is 16.8 Å². The van der Waals surface area contributed by atoms with Crippen LogP contribution in [-0.2, 0) is 6.61 Å². The molecule has 0 saturated carbocycles. The fourth-order valence-electron chi connectivity index (χ4n) is 2.73. The topological polar surface area (TPSA) is 80.3 Å². The molecule has 0 radical (unpaired) electrons. The van der Waals surface area contributed by atoms with Crippen molar-refractivity contribution in [1.82, 2.24) is 4.98 Å². The molecule has 0 saturated heterocycles. The first-order chi connectivity index (χ1) is 15.1. The van der Waals surface area contributed by atoms with E-state index in [0.29, 0.717) is 33.6 Å². The van der Waals surface area contributed by atoms with Crippen LogP contribution in [0.25, 0.3) is 0 Å². The number of benzene rings is 2. The van der Waals surface area contributed by atoms with Crippen LogP contribution >= 0.6 is 22.7 Å². The molecule has 0 spiro atoms. The zero-order valence-corrected chi connectivity index (χ0v) is 18.3. The summed E-state index contributed by atoms with van der Waals surface area (Å²) in [5, 5.41) is 9.90. The molecule has 4 aromatic rings. The number of hydrogen-bond donors (Lipinski definition) is 2. The Kier molecular flexibility index (Phi) is 6.40. The van der Waals surface area contributed by atoms with Crippen LogP contribution in [0.3, 0.4) is 0 Å². The van der Waals surface area contributed by atoms with Crippen LogP contribution < -0.4 is 15.4 Å². The number of hydrogen-bond acceptors (Lipinski definition) is 6. The zero-order chi connectivity index (χ0) is 21.6. The van der Waals surface area contributed by atoms with Crippen LogP contribution in [0, 0.1) is 6.92 Å². The molecule has 0 aliphatic heterocycles. The fraction of sp³-hybridized carbons (Fsp3) is 0.0870. The van der Waals surface area contributed by atoms with Crippen molar-refractivity contribution in [2.24, 2.45) is 0 Å². The summed E-state index contributed by atoms with van der Waals surface area (Å²) >= 11 is 2.74. The number of thiophene rings is 1. The van der Waals surface area contributed by atoms with Crippen LogP contribution in [0.15, 0.2) is 71.4 Å².